The number of carbonyl (C=O) groups excluding carboxylic acids is 1. The number of nitrogens with zero attached hydrogens (tertiary/aromatic N) is 1. The predicted octanol–water partition coefficient (Wildman–Crippen LogP) is 4.39. The molecule has 0 saturated heterocycles. The number of amides is 1. The number of nitrogens with one attached hydrogen (secondary N) is 1. The minimum Gasteiger partial charge on any atom is -0.494 e. The molecule has 0 unspecified atom stereocenters. The molecular weight excluding hydrogens is 320 g/mol. The Balaban J connectivity index is 1.58. The van der Waals surface area contributed by atoms with Crippen LogP contribution in [-0.4, -0.2) is 17.5 Å². The van der Waals surface area contributed by atoms with Crippen molar-refractivity contribution in [3.05, 3.63) is 65.7 Å². The summed E-state index contributed by atoms with van der Waals surface area (Å²) in [6.07, 6.45) is 2.12. The average Bonchev–Trinajstić information content (AvgIpc) is 3.12. The van der Waals surface area contributed by atoms with Gasteiger partial charge in [-0.3, -0.25) is 4.79 Å². The number of thiazole rings is 1. The Morgan fingerprint density at radius 3 is 2.50 bits per heavy atom. The molecule has 0 bridgehead atoms. The molecular formula is C19H18N2O2S. The lowest BCUT2D eigenvalue weighted by molar-refractivity contribution is -0.115. The van der Waals surface area contributed by atoms with E-state index in [1.807, 2.05) is 60.8 Å². The zero-order valence-corrected chi connectivity index (χ0v) is 14.2. The van der Waals surface area contributed by atoms with Crippen LogP contribution in [0.15, 0.2) is 60.1 Å². The van der Waals surface area contributed by atoms with Crippen molar-refractivity contribution in [2.24, 2.45) is 0 Å². The summed E-state index contributed by atoms with van der Waals surface area (Å²) in [6, 6.07) is 15.3. The molecule has 3 aromatic rings. The Kier molecular flexibility index (Phi) is 5.23. The van der Waals surface area contributed by atoms with E-state index in [4.69, 9.17) is 4.74 Å². The predicted molar refractivity (Wildman–Crippen MR) is 97.5 cm³/mol. The molecule has 1 amide bonds. The van der Waals surface area contributed by atoms with Crippen molar-refractivity contribution in [2.75, 3.05) is 11.9 Å². The van der Waals surface area contributed by atoms with Crippen LogP contribution < -0.4 is 10.1 Å². The van der Waals surface area contributed by atoms with Crippen LogP contribution in [0.5, 0.6) is 5.75 Å². The molecule has 0 fully saturated rings. The number of anilines is 1. The molecule has 4 nitrogen and oxygen atoms in total. The molecule has 0 spiro atoms. The highest BCUT2D eigenvalue weighted by molar-refractivity contribution is 7.13. The van der Waals surface area contributed by atoms with E-state index < -0.39 is 0 Å². The van der Waals surface area contributed by atoms with Gasteiger partial charge < -0.3 is 10.1 Å². The third-order valence-corrected chi connectivity index (χ3v) is 4.27. The van der Waals surface area contributed by atoms with E-state index in [9.17, 15) is 4.79 Å². The summed E-state index contributed by atoms with van der Waals surface area (Å²) in [5, 5.41) is 5.84. The lowest BCUT2D eigenvalue weighted by Gasteiger charge is -2.07. The van der Waals surface area contributed by atoms with Crippen molar-refractivity contribution >= 4 is 22.9 Å². The quantitative estimate of drug-likeness (QED) is 0.725. The van der Waals surface area contributed by atoms with Crippen molar-refractivity contribution in [3.8, 4) is 16.3 Å². The van der Waals surface area contributed by atoms with E-state index in [-0.39, 0.29) is 5.91 Å². The van der Waals surface area contributed by atoms with Gasteiger partial charge >= 0.3 is 0 Å². The Labute approximate surface area is 145 Å². The lowest BCUT2D eigenvalue weighted by Crippen LogP contribution is -2.14. The zero-order valence-electron chi connectivity index (χ0n) is 13.4. The first-order chi connectivity index (χ1) is 11.7. The van der Waals surface area contributed by atoms with E-state index in [0.29, 0.717) is 13.0 Å². The lowest BCUT2D eigenvalue weighted by atomic mass is 10.1. The zero-order chi connectivity index (χ0) is 16.8. The normalized spacial score (nSPS) is 10.4. The van der Waals surface area contributed by atoms with Gasteiger partial charge in [-0.1, -0.05) is 12.1 Å². The van der Waals surface area contributed by atoms with Gasteiger partial charge in [0, 0.05) is 22.8 Å². The summed E-state index contributed by atoms with van der Waals surface area (Å²) in [5.74, 6) is 0.778. The van der Waals surface area contributed by atoms with Crippen molar-refractivity contribution < 1.29 is 9.53 Å². The SMILES string of the molecule is CCOc1ccc(CC(=O)Nc2ccc(-c3nccs3)cc2)cc1. The van der Waals surface area contributed by atoms with Gasteiger partial charge in [0.15, 0.2) is 0 Å². The summed E-state index contributed by atoms with van der Waals surface area (Å²) in [5.41, 5.74) is 2.79. The van der Waals surface area contributed by atoms with Crippen LogP contribution in [-0.2, 0) is 11.2 Å². The second-order valence-electron chi connectivity index (χ2n) is 5.22. The van der Waals surface area contributed by atoms with Crippen LogP contribution in [0, 0.1) is 0 Å². The van der Waals surface area contributed by atoms with Crippen molar-refractivity contribution in [2.45, 2.75) is 13.3 Å². The number of hydrogen-bond acceptors (Lipinski definition) is 4. The Hall–Kier alpha value is -2.66. The highest BCUT2D eigenvalue weighted by Gasteiger charge is 2.06. The molecule has 1 N–H and O–H groups in total. The molecule has 0 aliphatic heterocycles. The molecule has 3 rings (SSSR count). The molecule has 1 aromatic heterocycles. The smallest absolute Gasteiger partial charge is 0.228 e. The number of rotatable bonds is 6. The first kappa shape index (κ1) is 16.2. The molecule has 5 heteroatoms. The summed E-state index contributed by atoms with van der Waals surface area (Å²) >= 11 is 1.59. The first-order valence-electron chi connectivity index (χ1n) is 7.76. The molecule has 0 saturated carbocycles. The Morgan fingerprint density at radius 2 is 1.88 bits per heavy atom. The van der Waals surface area contributed by atoms with Gasteiger partial charge in [0.05, 0.1) is 13.0 Å². The Bertz CT molecular complexity index is 781. The molecule has 0 radical (unpaired) electrons. The molecule has 24 heavy (non-hydrogen) atoms. The van der Waals surface area contributed by atoms with Crippen LogP contribution in [0.4, 0.5) is 5.69 Å². The maximum atomic E-state index is 12.2. The van der Waals surface area contributed by atoms with Crippen molar-refractivity contribution in [1.29, 1.82) is 0 Å². The number of hydrogen-bond donors (Lipinski definition) is 1. The van der Waals surface area contributed by atoms with Crippen LogP contribution in [0.2, 0.25) is 0 Å². The molecule has 122 valence electrons. The first-order valence-corrected chi connectivity index (χ1v) is 8.64. The van der Waals surface area contributed by atoms with Crippen molar-refractivity contribution in [3.63, 3.8) is 0 Å². The molecule has 1 heterocycles. The molecule has 2 aromatic carbocycles. The van der Waals surface area contributed by atoms with E-state index in [2.05, 4.69) is 10.3 Å². The number of aromatic nitrogens is 1. The van der Waals surface area contributed by atoms with Gasteiger partial charge in [0.25, 0.3) is 0 Å². The van der Waals surface area contributed by atoms with E-state index >= 15 is 0 Å². The maximum absolute atomic E-state index is 12.2. The number of benzene rings is 2. The number of carbonyl (C=O) groups is 1. The number of ether oxygens (including phenoxy) is 1. The van der Waals surface area contributed by atoms with Crippen LogP contribution in [0.3, 0.4) is 0 Å². The van der Waals surface area contributed by atoms with Gasteiger partial charge in [-0.25, -0.2) is 4.98 Å². The Morgan fingerprint density at radius 1 is 1.12 bits per heavy atom. The molecule has 0 atom stereocenters. The minimum absolute atomic E-state index is 0.0406. The van der Waals surface area contributed by atoms with E-state index in [1.54, 1.807) is 17.5 Å². The standard InChI is InChI=1S/C19H18N2O2S/c1-2-23-17-9-3-14(4-10-17)13-18(22)21-16-7-5-15(6-8-16)19-20-11-12-24-19/h3-12H,2,13H2,1H3,(H,21,22). The van der Waals surface area contributed by atoms with Gasteiger partial charge in [-0.05, 0) is 48.9 Å². The molecule has 0 aliphatic rings. The van der Waals surface area contributed by atoms with Crippen molar-refractivity contribution in [1.82, 2.24) is 4.98 Å². The van der Waals surface area contributed by atoms with E-state index in [1.165, 1.54) is 0 Å². The monoisotopic (exact) mass is 338 g/mol. The summed E-state index contributed by atoms with van der Waals surface area (Å²) in [6.45, 7) is 2.58. The molecule has 0 aliphatic carbocycles. The minimum atomic E-state index is -0.0406. The fraction of sp³-hybridized carbons (Fsp3) is 0.158. The third-order valence-electron chi connectivity index (χ3n) is 3.45. The fourth-order valence-corrected chi connectivity index (χ4v) is 2.97. The summed E-state index contributed by atoms with van der Waals surface area (Å²) < 4.78 is 5.40. The summed E-state index contributed by atoms with van der Waals surface area (Å²) in [4.78, 5) is 16.4. The van der Waals surface area contributed by atoms with Crippen LogP contribution in [0.1, 0.15) is 12.5 Å². The highest BCUT2D eigenvalue weighted by atomic mass is 32.1. The van der Waals surface area contributed by atoms with Gasteiger partial charge in [0.1, 0.15) is 10.8 Å². The van der Waals surface area contributed by atoms with Crippen LogP contribution >= 0.6 is 11.3 Å². The van der Waals surface area contributed by atoms with Gasteiger partial charge in [-0.2, -0.15) is 0 Å². The average molecular weight is 338 g/mol. The maximum Gasteiger partial charge on any atom is 0.228 e. The fourth-order valence-electron chi connectivity index (χ4n) is 2.32. The summed E-state index contributed by atoms with van der Waals surface area (Å²) in [7, 11) is 0. The second-order valence-corrected chi connectivity index (χ2v) is 6.11. The van der Waals surface area contributed by atoms with Crippen LogP contribution in [0.25, 0.3) is 10.6 Å². The third kappa shape index (κ3) is 4.20. The second kappa shape index (κ2) is 7.75. The topological polar surface area (TPSA) is 51.2 Å². The largest absolute Gasteiger partial charge is 0.494 e. The van der Waals surface area contributed by atoms with Gasteiger partial charge in [0.2, 0.25) is 5.91 Å². The van der Waals surface area contributed by atoms with E-state index in [0.717, 1.165) is 27.6 Å². The highest BCUT2D eigenvalue weighted by Crippen LogP contribution is 2.23. The van der Waals surface area contributed by atoms with Gasteiger partial charge in [-0.15, -0.1) is 11.3 Å².